The van der Waals surface area contributed by atoms with Crippen molar-refractivity contribution in [3.8, 4) is 5.75 Å². The molecule has 0 saturated carbocycles. The number of phenols is 1. The third kappa shape index (κ3) is 3.91. The third-order valence-corrected chi connectivity index (χ3v) is 4.90. The lowest BCUT2D eigenvalue weighted by Crippen LogP contribution is -2.21. The summed E-state index contributed by atoms with van der Waals surface area (Å²) in [7, 11) is 0. The van der Waals surface area contributed by atoms with Crippen molar-refractivity contribution in [2.75, 3.05) is 5.32 Å². The van der Waals surface area contributed by atoms with Gasteiger partial charge >= 0.3 is 6.18 Å². The molecule has 0 spiro atoms. The smallest absolute Gasteiger partial charge is 0.416 e. The van der Waals surface area contributed by atoms with Crippen molar-refractivity contribution in [3.05, 3.63) is 95.3 Å². The summed E-state index contributed by atoms with van der Waals surface area (Å²) in [5.74, 6) is 0.651. The number of hydrogen-bond acceptors (Lipinski definition) is 3. The second-order valence-corrected chi connectivity index (χ2v) is 7.02. The molecular formula is C23H19F3N3O+. The van der Waals surface area contributed by atoms with Crippen molar-refractivity contribution in [2.24, 2.45) is 0 Å². The van der Waals surface area contributed by atoms with Gasteiger partial charge in [-0.2, -0.15) is 13.2 Å². The molecule has 2 heterocycles. The summed E-state index contributed by atoms with van der Waals surface area (Å²) in [6.07, 6.45) is -2.83. The molecule has 0 aliphatic rings. The third-order valence-electron chi connectivity index (χ3n) is 4.90. The SMILES string of the molecule is Cc1cccc(N[C@@H](c2ccc(C(F)(F)F)cc2)c2ccc3cccnc3c2O)[nH+]1. The average molecular weight is 410 g/mol. The number of anilines is 1. The number of phenolic OH excluding ortho intramolecular Hbond substituents is 1. The number of fused-ring (bicyclic) bond motifs is 1. The molecule has 3 N–H and O–H groups in total. The van der Waals surface area contributed by atoms with Crippen LogP contribution in [0.15, 0.2) is 72.9 Å². The van der Waals surface area contributed by atoms with Gasteiger partial charge in [-0.05, 0) is 37.3 Å². The van der Waals surface area contributed by atoms with Crippen LogP contribution < -0.4 is 10.3 Å². The Morgan fingerprint density at radius 1 is 0.967 bits per heavy atom. The number of aryl methyl sites for hydroxylation is 1. The molecule has 4 rings (SSSR count). The van der Waals surface area contributed by atoms with Gasteiger partial charge in [0.1, 0.15) is 17.3 Å². The first-order valence-electron chi connectivity index (χ1n) is 9.32. The van der Waals surface area contributed by atoms with E-state index in [-0.39, 0.29) is 5.75 Å². The minimum atomic E-state index is -4.42. The summed E-state index contributed by atoms with van der Waals surface area (Å²) in [6.45, 7) is 1.90. The lowest BCUT2D eigenvalue weighted by atomic mass is 9.95. The van der Waals surface area contributed by atoms with Crippen LogP contribution in [0.2, 0.25) is 0 Å². The number of nitrogens with one attached hydrogen (secondary N) is 2. The van der Waals surface area contributed by atoms with E-state index in [4.69, 9.17) is 0 Å². The van der Waals surface area contributed by atoms with Crippen molar-refractivity contribution in [1.82, 2.24) is 4.98 Å². The van der Waals surface area contributed by atoms with E-state index in [9.17, 15) is 18.3 Å². The molecule has 0 amide bonds. The van der Waals surface area contributed by atoms with E-state index in [1.807, 2.05) is 37.3 Å². The summed E-state index contributed by atoms with van der Waals surface area (Å²) < 4.78 is 39.0. The number of pyridine rings is 2. The van der Waals surface area contributed by atoms with Gasteiger partial charge in [0.15, 0.2) is 0 Å². The zero-order valence-corrected chi connectivity index (χ0v) is 16.0. The number of alkyl halides is 3. The Balaban J connectivity index is 1.82. The van der Waals surface area contributed by atoms with Crippen molar-refractivity contribution < 1.29 is 23.3 Å². The average Bonchev–Trinajstić information content (AvgIpc) is 2.72. The van der Waals surface area contributed by atoms with E-state index in [1.54, 1.807) is 18.3 Å². The zero-order valence-electron chi connectivity index (χ0n) is 16.0. The maximum atomic E-state index is 13.0. The number of halogens is 3. The standard InChI is InChI=1S/C23H18F3N3O/c1-14-4-2-6-19(28-14)29-20(16-7-10-17(11-8-16)23(24,25)26)18-12-9-15-5-3-13-27-21(15)22(18)30/h2-13,20,30H,1H3,(H,28,29)/p+1/t20-/m0/s1. The fraction of sp³-hybridized carbons (Fsp3) is 0.130. The van der Waals surface area contributed by atoms with Gasteiger partial charge in [-0.1, -0.05) is 30.3 Å². The lowest BCUT2D eigenvalue weighted by molar-refractivity contribution is -0.371. The summed E-state index contributed by atoms with van der Waals surface area (Å²) in [4.78, 5) is 7.43. The monoisotopic (exact) mass is 410 g/mol. The number of hydrogen-bond donors (Lipinski definition) is 2. The fourth-order valence-electron chi connectivity index (χ4n) is 3.41. The largest absolute Gasteiger partial charge is 0.505 e. The van der Waals surface area contributed by atoms with E-state index in [0.717, 1.165) is 23.2 Å². The number of benzene rings is 2. The molecular weight excluding hydrogens is 391 g/mol. The van der Waals surface area contributed by atoms with Crippen LogP contribution in [0.3, 0.4) is 0 Å². The highest BCUT2D eigenvalue weighted by atomic mass is 19.4. The van der Waals surface area contributed by atoms with E-state index in [1.165, 1.54) is 12.1 Å². The Morgan fingerprint density at radius 3 is 2.43 bits per heavy atom. The van der Waals surface area contributed by atoms with Crippen LogP contribution in [0.4, 0.5) is 19.0 Å². The van der Waals surface area contributed by atoms with Gasteiger partial charge in [0, 0.05) is 28.8 Å². The van der Waals surface area contributed by atoms with E-state index in [0.29, 0.717) is 22.5 Å². The van der Waals surface area contributed by atoms with Crippen LogP contribution in [0.1, 0.15) is 28.4 Å². The molecule has 30 heavy (non-hydrogen) atoms. The molecule has 0 radical (unpaired) electrons. The van der Waals surface area contributed by atoms with Gasteiger partial charge in [0.2, 0.25) is 0 Å². The van der Waals surface area contributed by atoms with Crippen molar-refractivity contribution in [1.29, 1.82) is 0 Å². The number of aromatic nitrogens is 2. The van der Waals surface area contributed by atoms with Gasteiger partial charge in [0.05, 0.1) is 11.3 Å². The molecule has 0 unspecified atom stereocenters. The number of aromatic amines is 1. The zero-order chi connectivity index (χ0) is 21.3. The lowest BCUT2D eigenvalue weighted by Gasteiger charge is -2.18. The maximum absolute atomic E-state index is 13.0. The van der Waals surface area contributed by atoms with E-state index >= 15 is 0 Å². The van der Waals surface area contributed by atoms with Gasteiger partial charge in [-0.25, -0.2) is 4.98 Å². The first kappa shape index (κ1) is 19.7. The summed E-state index contributed by atoms with van der Waals surface area (Å²) >= 11 is 0. The normalized spacial score (nSPS) is 12.7. The first-order valence-corrected chi connectivity index (χ1v) is 9.32. The molecule has 0 bridgehead atoms. The highest BCUT2D eigenvalue weighted by molar-refractivity contribution is 5.85. The molecule has 0 aliphatic carbocycles. The van der Waals surface area contributed by atoms with Crippen LogP contribution in [-0.2, 0) is 6.18 Å². The number of rotatable bonds is 4. The van der Waals surface area contributed by atoms with Gasteiger partial charge in [0.25, 0.3) is 5.82 Å². The molecule has 4 nitrogen and oxygen atoms in total. The van der Waals surface area contributed by atoms with Crippen LogP contribution in [0.5, 0.6) is 5.75 Å². The Bertz CT molecular complexity index is 1190. The number of aromatic hydroxyl groups is 1. The van der Waals surface area contributed by atoms with Crippen molar-refractivity contribution >= 4 is 16.7 Å². The second-order valence-electron chi connectivity index (χ2n) is 7.02. The quantitative estimate of drug-likeness (QED) is 0.481. The molecule has 7 heteroatoms. The molecule has 0 saturated heterocycles. The van der Waals surface area contributed by atoms with Crippen molar-refractivity contribution in [3.63, 3.8) is 0 Å². The van der Waals surface area contributed by atoms with Crippen LogP contribution >= 0.6 is 0 Å². The topological polar surface area (TPSA) is 59.3 Å². The highest BCUT2D eigenvalue weighted by Gasteiger charge is 2.31. The van der Waals surface area contributed by atoms with Gasteiger partial charge in [-0.15, -0.1) is 0 Å². The molecule has 152 valence electrons. The maximum Gasteiger partial charge on any atom is 0.416 e. The van der Waals surface area contributed by atoms with Gasteiger partial charge in [-0.3, -0.25) is 10.3 Å². The first-order chi connectivity index (χ1) is 14.3. The molecule has 4 aromatic rings. The molecule has 0 aliphatic heterocycles. The van der Waals surface area contributed by atoms with Crippen LogP contribution in [0.25, 0.3) is 10.9 Å². The number of H-pyrrole nitrogens is 1. The molecule has 0 fully saturated rings. The molecule has 2 aromatic heterocycles. The Hall–Kier alpha value is -3.61. The number of nitrogens with zero attached hydrogens (tertiary/aromatic N) is 1. The van der Waals surface area contributed by atoms with Crippen LogP contribution in [-0.4, -0.2) is 10.1 Å². The van der Waals surface area contributed by atoms with E-state index in [2.05, 4.69) is 15.3 Å². The summed E-state index contributed by atoms with van der Waals surface area (Å²) in [5.41, 5.74) is 1.70. The molecule has 1 atom stereocenters. The summed E-state index contributed by atoms with van der Waals surface area (Å²) in [6, 6.07) is 17.1. The second kappa shape index (κ2) is 7.67. The van der Waals surface area contributed by atoms with Crippen LogP contribution in [0, 0.1) is 6.92 Å². The Morgan fingerprint density at radius 2 is 1.73 bits per heavy atom. The van der Waals surface area contributed by atoms with Gasteiger partial charge < -0.3 is 5.11 Å². The Kier molecular flexibility index (Phi) is 5.03. The summed E-state index contributed by atoms with van der Waals surface area (Å²) in [5, 5.41) is 15.0. The minimum absolute atomic E-state index is 0.0156. The predicted molar refractivity (Wildman–Crippen MR) is 108 cm³/mol. The fourth-order valence-corrected chi connectivity index (χ4v) is 3.41. The van der Waals surface area contributed by atoms with Crippen molar-refractivity contribution in [2.45, 2.75) is 19.1 Å². The predicted octanol–water partition coefficient (Wildman–Crippen LogP) is 5.28. The minimum Gasteiger partial charge on any atom is -0.505 e. The van der Waals surface area contributed by atoms with E-state index < -0.39 is 17.8 Å². The highest BCUT2D eigenvalue weighted by Crippen LogP contribution is 2.37. The molecule has 2 aromatic carbocycles. The Labute approximate surface area is 171 Å².